The molecule has 0 atom stereocenters. The highest BCUT2D eigenvalue weighted by Gasteiger charge is 2.00. The van der Waals surface area contributed by atoms with Gasteiger partial charge in [-0.25, -0.2) is 0 Å². The molecule has 0 amide bonds. The van der Waals surface area contributed by atoms with Crippen LogP contribution in [0.2, 0.25) is 0 Å². The lowest BCUT2D eigenvalue weighted by atomic mass is 10.1. The van der Waals surface area contributed by atoms with Gasteiger partial charge in [-0.3, -0.25) is 4.79 Å². The number of carbonyl (C=O) groups is 1. The standard InChI is InChI=1S/C14H23BrO2/c1-2-3-4-10-13-17-14(16)11-8-6-5-7-9-12-15/h2-3,5-9,11-13H2,1H3. The minimum absolute atomic E-state index is 0.115. The number of rotatable bonds is 9. The third-order valence-corrected chi connectivity index (χ3v) is 2.88. The third-order valence-electron chi connectivity index (χ3n) is 2.32. The van der Waals surface area contributed by atoms with Gasteiger partial charge >= 0.3 is 5.97 Å². The van der Waals surface area contributed by atoms with Crippen molar-refractivity contribution in [1.29, 1.82) is 0 Å². The Morgan fingerprint density at radius 3 is 2.53 bits per heavy atom. The van der Waals surface area contributed by atoms with E-state index in [9.17, 15) is 4.79 Å². The van der Waals surface area contributed by atoms with E-state index < -0.39 is 0 Å². The van der Waals surface area contributed by atoms with Gasteiger partial charge in [-0.2, -0.15) is 0 Å². The van der Waals surface area contributed by atoms with Crippen molar-refractivity contribution in [3.8, 4) is 11.8 Å². The van der Waals surface area contributed by atoms with Gasteiger partial charge in [0.2, 0.25) is 0 Å². The van der Waals surface area contributed by atoms with Crippen molar-refractivity contribution >= 4 is 21.9 Å². The average molecular weight is 303 g/mol. The molecule has 0 spiro atoms. The lowest BCUT2D eigenvalue weighted by Gasteiger charge is -2.01. The van der Waals surface area contributed by atoms with E-state index >= 15 is 0 Å². The van der Waals surface area contributed by atoms with Crippen LogP contribution in [-0.2, 0) is 9.53 Å². The first-order valence-corrected chi connectivity index (χ1v) is 7.60. The Bertz CT molecular complexity index is 240. The highest BCUT2D eigenvalue weighted by atomic mass is 79.9. The van der Waals surface area contributed by atoms with Crippen LogP contribution in [0.15, 0.2) is 0 Å². The molecule has 0 aliphatic heterocycles. The van der Waals surface area contributed by atoms with Crippen LogP contribution in [0.5, 0.6) is 0 Å². The number of ether oxygens (including phenoxy) is 1. The fraction of sp³-hybridized carbons (Fsp3) is 0.786. The van der Waals surface area contributed by atoms with Gasteiger partial charge in [0.05, 0.1) is 0 Å². The molecule has 0 radical (unpaired) electrons. The van der Waals surface area contributed by atoms with Crippen molar-refractivity contribution in [2.45, 2.75) is 58.3 Å². The van der Waals surface area contributed by atoms with E-state index in [0.717, 1.165) is 31.0 Å². The van der Waals surface area contributed by atoms with Crippen LogP contribution in [-0.4, -0.2) is 17.9 Å². The summed E-state index contributed by atoms with van der Waals surface area (Å²) in [6.07, 6.45) is 8.17. The maximum absolute atomic E-state index is 11.3. The molecule has 0 aliphatic rings. The second-order valence-corrected chi connectivity index (χ2v) is 4.76. The number of esters is 1. The van der Waals surface area contributed by atoms with Crippen LogP contribution >= 0.6 is 15.9 Å². The Morgan fingerprint density at radius 1 is 1.12 bits per heavy atom. The minimum atomic E-state index is -0.115. The maximum Gasteiger partial charge on any atom is 0.306 e. The van der Waals surface area contributed by atoms with Crippen LogP contribution in [0.3, 0.4) is 0 Å². The zero-order chi connectivity index (χ0) is 12.8. The maximum atomic E-state index is 11.3. The molecule has 0 heterocycles. The predicted molar refractivity (Wildman–Crippen MR) is 75.1 cm³/mol. The minimum Gasteiger partial charge on any atom is -0.452 e. The van der Waals surface area contributed by atoms with Gasteiger partial charge in [0, 0.05) is 18.2 Å². The zero-order valence-electron chi connectivity index (χ0n) is 10.8. The highest BCUT2D eigenvalue weighted by Crippen LogP contribution is 2.07. The summed E-state index contributed by atoms with van der Waals surface area (Å²) in [6, 6.07) is 0. The largest absolute Gasteiger partial charge is 0.452 e. The summed E-state index contributed by atoms with van der Waals surface area (Å²) in [7, 11) is 0. The van der Waals surface area contributed by atoms with Crippen LogP contribution < -0.4 is 0 Å². The SMILES string of the molecule is CCCC#CCOC(=O)CCCCCCCBr. The average Bonchev–Trinajstić information content (AvgIpc) is 2.33. The lowest BCUT2D eigenvalue weighted by molar-refractivity contribution is -0.142. The first kappa shape index (κ1) is 16.5. The summed E-state index contributed by atoms with van der Waals surface area (Å²) >= 11 is 3.40. The van der Waals surface area contributed by atoms with Crippen molar-refractivity contribution in [2.24, 2.45) is 0 Å². The van der Waals surface area contributed by atoms with Gasteiger partial charge < -0.3 is 4.74 Å². The highest BCUT2D eigenvalue weighted by molar-refractivity contribution is 9.09. The molecule has 0 bridgehead atoms. The quantitative estimate of drug-likeness (QED) is 0.278. The fourth-order valence-electron chi connectivity index (χ4n) is 1.35. The first-order chi connectivity index (χ1) is 8.31. The topological polar surface area (TPSA) is 26.3 Å². The van der Waals surface area contributed by atoms with E-state index in [2.05, 4.69) is 34.7 Å². The smallest absolute Gasteiger partial charge is 0.306 e. The van der Waals surface area contributed by atoms with Crippen LogP contribution in [0.4, 0.5) is 0 Å². The monoisotopic (exact) mass is 302 g/mol. The fourth-order valence-corrected chi connectivity index (χ4v) is 1.74. The molecule has 0 aromatic heterocycles. The summed E-state index contributed by atoms with van der Waals surface area (Å²) in [5.41, 5.74) is 0. The molecular formula is C14H23BrO2. The van der Waals surface area contributed by atoms with E-state index in [1.807, 2.05) is 0 Å². The molecule has 0 fully saturated rings. The Hall–Kier alpha value is -0.490. The Kier molecular flexibility index (Phi) is 13.2. The molecule has 0 saturated carbocycles. The Labute approximate surface area is 114 Å². The molecule has 0 saturated heterocycles. The van der Waals surface area contributed by atoms with E-state index in [-0.39, 0.29) is 12.6 Å². The number of hydrogen-bond acceptors (Lipinski definition) is 2. The number of hydrogen-bond donors (Lipinski definition) is 0. The van der Waals surface area contributed by atoms with Crippen molar-refractivity contribution in [3.63, 3.8) is 0 Å². The molecule has 0 rings (SSSR count). The Balaban J connectivity index is 3.27. The second-order valence-electron chi connectivity index (χ2n) is 3.97. The van der Waals surface area contributed by atoms with Crippen molar-refractivity contribution in [1.82, 2.24) is 0 Å². The van der Waals surface area contributed by atoms with Gasteiger partial charge in [0.1, 0.15) is 0 Å². The number of halogens is 1. The van der Waals surface area contributed by atoms with Crippen LogP contribution in [0.1, 0.15) is 58.3 Å². The third kappa shape index (κ3) is 13.4. The number of unbranched alkanes of at least 4 members (excludes halogenated alkanes) is 5. The molecule has 0 N–H and O–H groups in total. The summed E-state index contributed by atoms with van der Waals surface area (Å²) in [5.74, 6) is 5.67. The van der Waals surface area contributed by atoms with E-state index in [1.165, 1.54) is 19.3 Å². The summed E-state index contributed by atoms with van der Waals surface area (Å²) in [6.45, 7) is 2.33. The van der Waals surface area contributed by atoms with E-state index in [1.54, 1.807) is 0 Å². The van der Waals surface area contributed by atoms with Crippen molar-refractivity contribution in [3.05, 3.63) is 0 Å². The summed E-state index contributed by atoms with van der Waals surface area (Å²) in [4.78, 5) is 11.3. The van der Waals surface area contributed by atoms with Crippen LogP contribution in [0.25, 0.3) is 0 Å². The predicted octanol–water partition coefficient (Wildman–Crippen LogP) is 4.07. The molecule has 0 aromatic carbocycles. The first-order valence-electron chi connectivity index (χ1n) is 6.48. The van der Waals surface area contributed by atoms with E-state index in [0.29, 0.717) is 6.42 Å². The van der Waals surface area contributed by atoms with Gasteiger partial charge in [-0.1, -0.05) is 54.0 Å². The van der Waals surface area contributed by atoms with Gasteiger partial charge in [-0.05, 0) is 19.3 Å². The van der Waals surface area contributed by atoms with Crippen molar-refractivity contribution < 1.29 is 9.53 Å². The lowest BCUT2D eigenvalue weighted by Crippen LogP contribution is -2.04. The zero-order valence-corrected chi connectivity index (χ0v) is 12.4. The molecular weight excluding hydrogens is 280 g/mol. The normalized spacial score (nSPS) is 9.53. The van der Waals surface area contributed by atoms with Gasteiger partial charge in [0.25, 0.3) is 0 Å². The summed E-state index contributed by atoms with van der Waals surface area (Å²) in [5, 5.41) is 1.07. The number of carbonyl (C=O) groups excluding carboxylic acids is 1. The molecule has 2 nitrogen and oxygen atoms in total. The molecule has 0 unspecified atom stereocenters. The Morgan fingerprint density at radius 2 is 1.82 bits per heavy atom. The van der Waals surface area contributed by atoms with Crippen LogP contribution in [0, 0.1) is 11.8 Å². The van der Waals surface area contributed by atoms with Gasteiger partial charge in [0.15, 0.2) is 6.61 Å². The summed E-state index contributed by atoms with van der Waals surface area (Å²) < 4.78 is 5.00. The van der Waals surface area contributed by atoms with E-state index in [4.69, 9.17) is 4.74 Å². The second kappa shape index (κ2) is 13.6. The molecule has 17 heavy (non-hydrogen) atoms. The molecule has 0 aromatic rings. The molecule has 98 valence electrons. The van der Waals surface area contributed by atoms with Crippen molar-refractivity contribution in [2.75, 3.05) is 11.9 Å². The molecule has 3 heteroatoms. The molecule has 0 aliphatic carbocycles. The number of alkyl halides is 1. The van der Waals surface area contributed by atoms with Gasteiger partial charge in [-0.15, -0.1) is 0 Å².